The van der Waals surface area contributed by atoms with E-state index in [0.29, 0.717) is 22.1 Å². The molecule has 1 N–H and O–H groups in total. The normalized spacial score (nSPS) is 11.2. The minimum absolute atomic E-state index is 0.0634. The number of rotatable bonds is 3. The number of ether oxygens (including phenoxy) is 1. The lowest BCUT2D eigenvalue weighted by Crippen LogP contribution is -1.83. The van der Waals surface area contributed by atoms with Crippen LogP contribution in [0.25, 0.3) is 10.8 Å². The molecule has 0 aliphatic rings. The van der Waals surface area contributed by atoms with Crippen LogP contribution >= 0.6 is 11.6 Å². The molecule has 0 unspecified atom stereocenters. The van der Waals surface area contributed by atoms with E-state index in [1.807, 2.05) is 30.3 Å². The molecule has 4 nitrogen and oxygen atoms in total. The smallest absolute Gasteiger partial charge is 0.147 e. The highest BCUT2D eigenvalue weighted by Gasteiger charge is 2.09. The van der Waals surface area contributed by atoms with Crippen molar-refractivity contribution < 1.29 is 9.84 Å². The van der Waals surface area contributed by atoms with Crippen molar-refractivity contribution in [3.63, 3.8) is 0 Å². The molecule has 22 heavy (non-hydrogen) atoms. The third-order valence-corrected chi connectivity index (χ3v) is 3.60. The van der Waals surface area contributed by atoms with Crippen LogP contribution in [0.5, 0.6) is 11.5 Å². The van der Waals surface area contributed by atoms with Gasteiger partial charge in [-0.15, -0.1) is 10.2 Å². The first-order chi connectivity index (χ1) is 10.7. The van der Waals surface area contributed by atoms with E-state index in [2.05, 4.69) is 10.2 Å². The summed E-state index contributed by atoms with van der Waals surface area (Å²) in [5, 5.41) is 20.6. The first-order valence-electron chi connectivity index (χ1n) is 6.65. The number of hydrogen-bond donors (Lipinski definition) is 1. The topological polar surface area (TPSA) is 54.2 Å². The molecular formula is C17H13ClN2O2. The number of fused-ring (bicyclic) bond motifs is 1. The Morgan fingerprint density at radius 2 is 1.68 bits per heavy atom. The van der Waals surface area contributed by atoms with E-state index in [1.165, 1.54) is 0 Å². The fourth-order valence-electron chi connectivity index (χ4n) is 2.21. The molecule has 0 saturated heterocycles. The van der Waals surface area contributed by atoms with Crippen LogP contribution in [0.4, 0.5) is 11.4 Å². The van der Waals surface area contributed by atoms with Crippen molar-refractivity contribution in [2.24, 2.45) is 10.2 Å². The second-order valence-corrected chi connectivity index (χ2v) is 5.05. The molecule has 0 aliphatic heterocycles. The van der Waals surface area contributed by atoms with Crippen molar-refractivity contribution in [2.75, 3.05) is 7.11 Å². The molecule has 5 heteroatoms. The summed E-state index contributed by atoms with van der Waals surface area (Å²) in [6, 6.07) is 16.3. The number of hydrogen-bond acceptors (Lipinski definition) is 4. The molecule has 0 spiro atoms. The zero-order valence-electron chi connectivity index (χ0n) is 11.8. The third kappa shape index (κ3) is 2.61. The van der Waals surface area contributed by atoms with Gasteiger partial charge in [-0.25, -0.2) is 0 Å². The number of nitrogens with zero attached hydrogens (tertiary/aromatic N) is 2. The van der Waals surface area contributed by atoms with Crippen LogP contribution < -0.4 is 4.74 Å². The molecule has 0 saturated carbocycles. The predicted molar refractivity (Wildman–Crippen MR) is 87.8 cm³/mol. The molecule has 0 bridgehead atoms. The van der Waals surface area contributed by atoms with Gasteiger partial charge in [0.2, 0.25) is 0 Å². The highest BCUT2D eigenvalue weighted by Crippen LogP contribution is 2.39. The summed E-state index contributed by atoms with van der Waals surface area (Å²) >= 11 is 6.14. The van der Waals surface area contributed by atoms with E-state index >= 15 is 0 Å². The Morgan fingerprint density at radius 1 is 0.909 bits per heavy atom. The first-order valence-corrected chi connectivity index (χ1v) is 7.03. The number of phenolic OH excluding ortho intramolecular Hbond substituents is 1. The van der Waals surface area contributed by atoms with Gasteiger partial charge in [0.05, 0.1) is 12.1 Å². The Morgan fingerprint density at radius 3 is 2.50 bits per heavy atom. The van der Waals surface area contributed by atoms with Gasteiger partial charge in [0.25, 0.3) is 0 Å². The molecular weight excluding hydrogens is 300 g/mol. The van der Waals surface area contributed by atoms with E-state index in [-0.39, 0.29) is 5.75 Å². The fourth-order valence-corrected chi connectivity index (χ4v) is 2.41. The zero-order chi connectivity index (χ0) is 15.5. The minimum atomic E-state index is 0.0634. The van der Waals surface area contributed by atoms with E-state index in [4.69, 9.17) is 16.3 Å². The lowest BCUT2D eigenvalue weighted by Gasteiger charge is -2.06. The maximum absolute atomic E-state index is 10.1. The zero-order valence-corrected chi connectivity index (χ0v) is 12.6. The summed E-state index contributed by atoms with van der Waals surface area (Å²) in [7, 11) is 1.54. The molecule has 3 aromatic rings. The highest BCUT2D eigenvalue weighted by molar-refractivity contribution is 6.33. The number of methoxy groups -OCH3 is 1. The Bertz CT molecular complexity index is 862. The van der Waals surface area contributed by atoms with E-state index in [0.717, 1.165) is 10.8 Å². The fraction of sp³-hybridized carbons (Fsp3) is 0.0588. The van der Waals surface area contributed by atoms with Crippen LogP contribution in [0, 0.1) is 0 Å². The number of azo groups is 1. The van der Waals surface area contributed by atoms with Crippen molar-refractivity contribution in [2.45, 2.75) is 0 Å². The van der Waals surface area contributed by atoms with Gasteiger partial charge >= 0.3 is 0 Å². The van der Waals surface area contributed by atoms with Crippen molar-refractivity contribution in [1.29, 1.82) is 0 Å². The monoisotopic (exact) mass is 312 g/mol. The summed E-state index contributed by atoms with van der Waals surface area (Å²) < 4.78 is 5.23. The molecule has 0 heterocycles. The van der Waals surface area contributed by atoms with Gasteiger partial charge in [-0.3, -0.25) is 0 Å². The maximum atomic E-state index is 10.1. The Hall–Kier alpha value is -2.59. The second kappa shape index (κ2) is 6.03. The van der Waals surface area contributed by atoms with Crippen LogP contribution in [0.2, 0.25) is 5.02 Å². The number of phenols is 1. The number of halogens is 1. The predicted octanol–water partition coefficient (Wildman–Crippen LogP) is 5.62. The van der Waals surface area contributed by atoms with Crippen LogP contribution in [0.1, 0.15) is 0 Å². The van der Waals surface area contributed by atoms with Crippen molar-refractivity contribution in [3.8, 4) is 11.5 Å². The van der Waals surface area contributed by atoms with Gasteiger partial charge in [-0.05, 0) is 23.6 Å². The van der Waals surface area contributed by atoms with Crippen LogP contribution in [0.3, 0.4) is 0 Å². The molecule has 0 aliphatic carbocycles. The first kappa shape index (κ1) is 14.4. The van der Waals surface area contributed by atoms with E-state index < -0.39 is 0 Å². The maximum Gasteiger partial charge on any atom is 0.147 e. The second-order valence-electron chi connectivity index (χ2n) is 4.65. The molecule has 0 radical (unpaired) electrons. The van der Waals surface area contributed by atoms with Crippen molar-refractivity contribution in [3.05, 3.63) is 59.6 Å². The largest absolute Gasteiger partial charge is 0.506 e. The third-order valence-electron chi connectivity index (χ3n) is 3.30. The molecule has 3 rings (SSSR count). The van der Waals surface area contributed by atoms with Gasteiger partial charge in [-0.2, -0.15) is 0 Å². The summed E-state index contributed by atoms with van der Waals surface area (Å²) in [5.41, 5.74) is 0.832. The SMILES string of the molecule is COc1cccc(Cl)c1N=Nc1c(O)ccc2ccccc12. The van der Waals surface area contributed by atoms with Gasteiger partial charge in [0.15, 0.2) is 0 Å². The summed E-state index contributed by atoms with van der Waals surface area (Å²) in [6.07, 6.45) is 0. The molecule has 110 valence electrons. The summed E-state index contributed by atoms with van der Waals surface area (Å²) in [5.74, 6) is 0.587. The standard InChI is InChI=1S/C17H13ClN2O2/c1-22-15-8-4-7-13(18)17(15)20-19-16-12-6-3-2-5-11(12)9-10-14(16)21/h2-10,21H,1H3. The Balaban J connectivity index is 2.13. The van der Waals surface area contributed by atoms with Crippen LogP contribution in [0.15, 0.2) is 64.8 Å². The average molecular weight is 313 g/mol. The molecule has 0 aromatic heterocycles. The van der Waals surface area contributed by atoms with E-state index in [9.17, 15) is 5.11 Å². The molecule has 3 aromatic carbocycles. The van der Waals surface area contributed by atoms with Crippen LogP contribution in [-0.2, 0) is 0 Å². The van der Waals surface area contributed by atoms with E-state index in [1.54, 1.807) is 31.4 Å². The van der Waals surface area contributed by atoms with Crippen molar-refractivity contribution >= 4 is 33.7 Å². The van der Waals surface area contributed by atoms with Crippen molar-refractivity contribution in [1.82, 2.24) is 0 Å². The lowest BCUT2D eigenvalue weighted by molar-refractivity contribution is 0.416. The van der Waals surface area contributed by atoms with Crippen LogP contribution in [-0.4, -0.2) is 12.2 Å². The Kier molecular flexibility index (Phi) is 3.94. The number of benzene rings is 3. The molecule has 0 amide bonds. The Labute approximate surface area is 132 Å². The lowest BCUT2D eigenvalue weighted by atomic mass is 10.1. The minimum Gasteiger partial charge on any atom is -0.506 e. The quantitative estimate of drug-likeness (QED) is 0.638. The van der Waals surface area contributed by atoms with Gasteiger partial charge < -0.3 is 9.84 Å². The average Bonchev–Trinajstić information content (AvgIpc) is 2.55. The molecule has 0 atom stereocenters. The van der Waals surface area contributed by atoms with Gasteiger partial charge in [0, 0.05) is 5.39 Å². The highest BCUT2D eigenvalue weighted by atomic mass is 35.5. The van der Waals surface area contributed by atoms with Gasteiger partial charge in [0.1, 0.15) is 22.9 Å². The summed E-state index contributed by atoms with van der Waals surface area (Å²) in [6.45, 7) is 0. The number of aromatic hydroxyl groups is 1. The molecule has 0 fully saturated rings. The summed E-state index contributed by atoms with van der Waals surface area (Å²) in [4.78, 5) is 0. The van der Waals surface area contributed by atoms with Gasteiger partial charge in [-0.1, -0.05) is 48.0 Å².